The molecule has 3 aromatic carbocycles. The molecular formula is C23H19N3O4S. The van der Waals surface area contributed by atoms with E-state index in [0.717, 1.165) is 5.56 Å². The van der Waals surface area contributed by atoms with Crippen LogP contribution in [0.5, 0.6) is 0 Å². The number of hydrogen-bond donors (Lipinski definition) is 3. The summed E-state index contributed by atoms with van der Waals surface area (Å²) in [5.41, 5.74) is 0.890. The second-order valence-electron chi connectivity index (χ2n) is 6.99. The molecule has 0 aliphatic carbocycles. The standard InChI is InChI=1S/C23H19N3O4S/c1-15-11-13-17(14-12-15)31(29,30)26-22-20(23(28)24-16-7-3-2-4-8-16)21(27)18-9-5-6-10-19(18)25-22/h2-14H,1H3,(H,24,28)(H2,25,26,27). The normalized spacial score (nSPS) is 11.3. The van der Waals surface area contributed by atoms with Gasteiger partial charge in [0.25, 0.3) is 15.9 Å². The number of benzene rings is 3. The first-order chi connectivity index (χ1) is 14.8. The minimum Gasteiger partial charge on any atom is -0.340 e. The Morgan fingerprint density at radius 2 is 1.52 bits per heavy atom. The molecule has 0 aliphatic rings. The molecule has 7 nitrogen and oxygen atoms in total. The molecule has 0 fully saturated rings. The highest BCUT2D eigenvalue weighted by molar-refractivity contribution is 7.92. The van der Waals surface area contributed by atoms with Gasteiger partial charge >= 0.3 is 0 Å². The zero-order valence-electron chi connectivity index (χ0n) is 16.5. The minimum absolute atomic E-state index is 0.0153. The van der Waals surface area contributed by atoms with Crippen LogP contribution in [0.2, 0.25) is 0 Å². The molecule has 0 saturated carbocycles. The molecule has 0 spiro atoms. The lowest BCUT2D eigenvalue weighted by atomic mass is 10.1. The monoisotopic (exact) mass is 433 g/mol. The van der Waals surface area contributed by atoms with Crippen molar-refractivity contribution < 1.29 is 13.2 Å². The van der Waals surface area contributed by atoms with Crippen LogP contribution in [0.4, 0.5) is 11.5 Å². The summed E-state index contributed by atoms with van der Waals surface area (Å²) in [5, 5.41) is 2.92. The highest BCUT2D eigenvalue weighted by atomic mass is 32.2. The molecule has 0 radical (unpaired) electrons. The highest BCUT2D eigenvalue weighted by Gasteiger charge is 2.23. The van der Waals surface area contributed by atoms with Crippen LogP contribution in [-0.2, 0) is 10.0 Å². The smallest absolute Gasteiger partial charge is 0.263 e. The summed E-state index contributed by atoms with van der Waals surface area (Å²) in [5.74, 6) is -0.919. The molecule has 0 bridgehead atoms. The van der Waals surface area contributed by atoms with Crippen molar-refractivity contribution in [1.29, 1.82) is 0 Å². The Labute approximate surface area is 178 Å². The zero-order chi connectivity index (χ0) is 22.0. The first kappa shape index (κ1) is 20.4. The number of amides is 1. The van der Waals surface area contributed by atoms with Crippen molar-refractivity contribution in [2.75, 3.05) is 10.0 Å². The lowest BCUT2D eigenvalue weighted by Crippen LogP contribution is -2.26. The maximum absolute atomic E-state index is 13.1. The van der Waals surface area contributed by atoms with E-state index in [1.807, 2.05) is 6.92 Å². The van der Waals surface area contributed by atoms with Crippen molar-refractivity contribution in [2.45, 2.75) is 11.8 Å². The van der Waals surface area contributed by atoms with E-state index in [9.17, 15) is 18.0 Å². The van der Waals surface area contributed by atoms with Gasteiger partial charge in [0.05, 0.1) is 10.4 Å². The minimum atomic E-state index is -4.04. The van der Waals surface area contributed by atoms with E-state index >= 15 is 0 Å². The Bertz CT molecular complexity index is 1430. The summed E-state index contributed by atoms with van der Waals surface area (Å²) in [6.07, 6.45) is 0. The SMILES string of the molecule is Cc1ccc(S(=O)(=O)Nc2[nH]c3ccccc3c(=O)c2C(=O)Nc2ccccc2)cc1. The molecule has 4 rings (SSSR count). The maximum Gasteiger partial charge on any atom is 0.263 e. The largest absolute Gasteiger partial charge is 0.340 e. The van der Waals surface area contributed by atoms with E-state index in [2.05, 4.69) is 15.0 Å². The lowest BCUT2D eigenvalue weighted by Gasteiger charge is -2.14. The molecule has 156 valence electrons. The van der Waals surface area contributed by atoms with Gasteiger partial charge in [0.2, 0.25) is 5.43 Å². The van der Waals surface area contributed by atoms with Crippen molar-refractivity contribution in [2.24, 2.45) is 0 Å². The molecule has 0 unspecified atom stereocenters. The number of rotatable bonds is 5. The predicted octanol–water partition coefficient (Wildman–Crippen LogP) is 3.89. The Morgan fingerprint density at radius 3 is 2.23 bits per heavy atom. The summed E-state index contributed by atoms with van der Waals surface area (Å²) in [6.45, 7) is 1.84. The number of aromatic nitrogens is 1. The second kappa shape index (κ2) is 8.08. The second-order valence-corrected chi connectivity index (χ2v) is 8.67. The highest BCUT2D eigenvalue weighted by Crippen LogP contribution is 2.21. The van der Waals surface area contributed by atoms with Gasteiger partial charge in [-0.2, -0.15) is 0 Å². The number of para-hydroxylation sites is 2. The van der Waals surface area contributed by atoms with Gasteiger partial charge in [-0.3, -0.25) is 14.3 Å². The van der Waals surface area contributed by atoms with Gasteiger partial charge in [0, 0.05) is 11.1 Å². The number of H-pyrrole nitrogens is 1. The number of fused-ring (bicyclic) bond motifs is 1. The van der Waals surface area contributed by atoms with Crippen LogP contribution in [0, 0.1) is 6.92 Å². The van der Waals surface area contributed by atoms with Crippen LogP contribution in [0.25, 0.3) is 10.9 Å². The number of hydrogen-bond acceptors (Lipinski definition) is 4. The van der Waals surface area contributed by atoms with Gasteiger partial charge < -0.3 is 10.3 Å². The topological polar surface area (TPSA) is 108 Å². The molecule has 4 aromatic rings. The van der Waals surface area contributed by atoms with Gasteiger partial charge in [-0.25, -0.2) is 8.42 Å². The fraction of sp³-hybridized carbons (Fsp3) is 0.0435. The van der Waals surface area contributed by atoms with Crippen LogP contribution >= 0.6 is 0 Å². The molecule has 1 aromatic heterocycles. The Balaban J connectivity index is 1.83. The number of carbonyl (C=O) groups is 1. The number of anilines is 2. The fourth-order valence-electron chi connectivity index (χ4n) is 3.15. The predicted molar refractivity (Wildman–Crippen MR) is 121 cm³/mol. The average molecular weight is 433 g/mol. The number of nitrogens with one attached hydrogen (secondary N) is 3. The molecule has 0 aliphatic heterocycles. The lowest BCUT2D eigenvalue weighted by molar-refractivity contribution is 0.102. The number of carbonyl (C=O) groups excluding carboxylic acids is 1. The van der Waals surface area contributed by atoms with Crippen molar-refractivity contribution >= 4 is 38.3 Å². The number of aryl methyl sites for hydroxylation is 1. The molecule has 0 atom stereocenters. The summed E-state index contributed by atoms with van der Waals surface area (Å²) in [4.78, 5) is 29.0. The average Bonchev–Trinajstić information content (AvgIpc) is 2.74. The molecule has 1 amide bonds. The van der Waals surface area contributed by atoms with E-state index in [-0.39, 0.29) is 21.7 Å². The quantitative estimate of drug-likeness (QED) is 0.444. The van der Waals surface area contributed by atoms with E-state index < -0.39 is 21.4 Å². The molecule has 8 heteroatoms. The van der Waals surface area contributed by atoms with Crippen molar-refractivity contribution in [1.82, 2.24) is 4.98 Å². The number of aromatic amines is 1. The van der Waals surface area contributed by atoms with Gasteiger partial charge in [-0.05, 0) is 43.3 Å². The Hall–Kier alpha value is -3.91. The molecular weight excluding hydrogens is 414 g/mol. The Morgan fingerprint density at radius 1 is 0.871 bits per heavy atom. The van der Waals surface area contributed by atoms with Crippen molar-refractivity contribution in [3.05, 3.63) is 100 Å². The molecule has 0 saturated heterocycles. The van der Waals surface area contributed by atoms with Gasteiger partial charge in [-0.1, -0.05) is 48.0 Å². The van der Waals surface area contributed by atoms with Crippen molar-refractivity contribution in [3.63, 3.8) is 0 Å². The van der Waals surface area contributed by atoms with Crippen LogP contribution in [0.15, 0.2) is 88.6 Å². The summed E-state index contributed by atoms with van der Waals surface area (Å²) in [6, 6.07) is 21.5. The van der Waals surface area contributed by atoms with E-state index in [1.54, 1.807) is 66.7 Å². The summed E-state index contributed by atoms with van der Waals surface area (Å²) >= 11 is 0. The third-order valence-electron chi connectivity index (χ3n) is 4.73. The molecule has 1 heterocycles. The maximum atomic E-state index is 13.1. The Kier molecular flexibility index (Phi) is 5.31. The van der Waals surface area contributed by atoms with Crippen molar-refractivity contribution in [3.8, 4) is 0 Å². The van der Waals surface area contributed by atoms with Crippen LogP contribution in [-0.4, -0.2) is 19.3 Å². The van der Waals surface area contributed by atoms with Gasteiger partial charge in [0.1, 0.15) is 11.4 Å². The zero-order valence-corrected chi connectivity index (χ0v) is 17.4. The third kappa shape index (κ3) is 4.19. The molecule has 31 heavy (non-hydrogen) atoms. The fourth-order valence-corrected chi connectivity index (χ4v) is 4.19. The van der Waals surface area contributed by atoms with Crippen LogP contribution in [0.3, 0.4) is 0 Å². The summed E-state index contributed by atoms with van der Waals surface area (Å²) in [7, 11) is -4.04. The number of pyridine rings is 1. The summed E-state index contributed by atoms with van der Waals surface area (Å²) < 4.78 is 28.2. The third-order valence-corrected chi connectivity index (χ3v) is 6.10. The van der Waals surface area contributed by atoms with Gasteiger partial charge in [-0.15, -0.1) is 0 Å². The van der Waals surface area contributed by atoms with E-state index in [0.29, 0.717) is 11.2 Å². The van der Waals surface area contributed by atoms with Gasteiger partial charge in [0.15, 0.2) is 0 Å². The first-order valence-corrected chi connectivity index (χ1v) is 10.9. The van der Waals surface area contributed by atoms with E-state index in [1.165, 1.54) is 12.1 Å². The van der Waals surface area contributed by atoms with E-state index in [4.69, 9.17) is 0 Å². The first-order valence-electron chi connectivity index (χ1n) is 9.46. The van der Waals surface area contributed by atoms with Crippen LogP contribution < -0.4 is 15.5 Å². The van der Waals surface area contributed by atoms with Crippen LogP contribution in [0.1, 0.15) is 15.9 Å². The molecule has 3 N–H and O–H groups in total. The number of sulfonamides is 1.